The monoisotopic (exact) mass is 507 g/mol. The van der Waals surface area contributed by atoms with Gasteiger partial charge in [-0.2, -0.15) is 26.3 Å². The number of rotatable bonds is 4. The van der Waals surface area contributed by atoms with Crippen molar-refractivity contribution in [1.82, 2.24) is 20.6 Å². The van der Waals surface area contributed by atoms with Crippen molar-refractivity contribution in [1.29, 1.82) is 0 Å². The molecule has 0 saturated heterocycles. The van der Waals surface area contributed by atoms with Crippen LogP contribution in [0.25, 0.3) is 11.3 Å². The van der Waals surface area contributed by atoms with E-state index in [0.717, 1.165) is 24.6 Å². The highest BCUT2D eigenvalue weighted by Crippen LogP contribution is 2.29. The maximum Gasteiger partial charge on any atom is 0.433 e. The van der Waals surface area contributed by atoms with Crippen LogP contribution in [-0.4, -0.2) is 34.0 Å². The van der Waals surface area contributed by atoms with E-state index in [9.17, 15) is 26.3 Å². The molecule has 1 aliphatic rings. The van der Waals surface area contributed by atoms with Crippen molar-refractivity contribution < 1.29 is 26.3 Å². The Labute approximate surface area is 201 Å². The van der Waals surface area contributed by atoms with Gasteiger partial charge in [0, 0.05) is 17.3 Å². The third kappa shape index (κ3) is 5.46. The van der Waals surface area contributed by atoms with Crippen LogP contribution < -0.4 is 16.4 Å². The molecule has 0 saturated carbocycles. The molecule has 4 N–H and O–H groups in total. The van der Waals surface area contributed by atoms with E-state index in [-0.39, 0.29) is 17.1 Å². The molecule has 0 fully saturated rings. The number of benzene rings is 1. The van der Waals surface area contributed by atoms with Gasteiger partial charge < -0.3 is 10.6 Å². The van der Waals surface area contributed by atoms with E-state index >= 15 is 0 Å². The SMILES string of the molecule is CC(N=C1NC(c2cccc(C(F)(F)F)n2)=NC(N)(c2ccnc(-c3ccccc3)c2)N1)C(F)(F)F. The molecule has 2 unspecified atom stereocenters. The number of hydrogen-bond acceptors (Lipinski definition) is 5. The molecule has 36 heavy (non-hydrogen) atoms. The first kappa shape index (κ1) is 25.1. The fraction of sp³-hybridized carbons (Fsp3) is 0.217. The summed E-state index contributed by atoms with van der Waals surface area (Å²) in [5.41, 5.74) is 6.49. The number of aliphatic imine (C=N–C) groups is 2. The van der Waals surface area contributed by atoms with Crippen LogP contribution in [0.2, 0.25) is 0 Å². The number of pyridine rings is 2. The molecule has 1 aromatic carbocycles. The number of alkyl halides is 6. The summed E-state index contributed by atoms with van der Waals surface area (Å²) in [5.74, 6) is -2.65. The lowest BCUT2D eigenvalue weighted by molar-refractivity contribution is -0.143. The predicted molar refractivity (Wildman–Crippen MR) is 121 cm³/mol. The second-order valence-corrected chi connectivity index (χ2v) is 7.87. The van der Waals surface area contributed by atoms with Gasteiger partial charge in [0.15, 0.2) is 5.84 Å². The molecule has 0 radical (unpaired) electrons. The lowest BCUT2D eigenvalue weighted by atomic mass is 10.0. The first-order valence-electron chi connectivity index (χ1n) is 10.5. The van der Waals surface area contributed by atoms with Crippen LogP contribution >= 0.6 is 0 Å². The first-order chi connectivity index (χ1) is 16.8. The summed E-state index contributed by atoms with van der Waals surface area (Å²) >= 11 is 0. The molecule has 13 heteroatoms. The number of guanidine groups is 1. The summed E-state index contributed by atoms with van der Waals surface area (Å²) in [6.45, 7) is 0.822. The lowest BCUT2D eigenvalue weighted by Gasteiger charge is -2.34. The van der Waals surface area contributed by atoms with Crippen LogP contribution in [0.1, 0.15) is 23.9 Å². The highest BCUT2D eigenvalue weighted by Gasteiger charge is 2.39. The average molecular weight is 507 g/mol. The smallest absolute Gasteiger partial charge is 0.316 e. The molecule has 3 aromatic rings. The van der Waals surface area contributed by atoms with Gasteiger partial charge in [-0.3, -0.25) is 10.7 Å². The average Bonchev–Trinajstić information content (AvgIpc) is 2.83. The minimum atomic E-state index is -4.75. The zero-order valence-corrected chi connectivity index (χ0v) is 18.6. The van der Waals surface area contributed by atoms with Gasteiger partial charge in [0.2, 0.25) is 11.7 Å². The third-order valence-corrected chi connectivity index (χ3v) is 5.18. The summed E-state index contributed by atoms with van der Waals surface area (Å²) in [5, 5.41) is 5.11. The van der Waals surface area contributed by atoms with E-state index in [1.807, 2.05) is 6.07 Å². The second-order valence-electron chi connectivity index (χ2n) is 7.87. The third-order valence-electron chi connectivity index (χ3n) is 5.18. The van der Waals surface area contributed by atoms with Crippen LogP contribution in [0.3, 0.4) is 0 Å². The minimum absolute atomic E-state index is 0.273. The quantitative estimate of drug-likeness (QED) is 0.460. The maximum absolute atomic E-state index is 13.2. The number of hydrogen-bond donors (Lipinski definition) is 3. The molecule has 188 valence electrons. The number of amidine groups is 1. The maximum atomic E-state index is 13.2. The fourth-order valence-corrected chi connectivity index (χ4v) is 3.30. The molecule has 2 atom stereocenters. The molecule has 0 aliphatic carbocycles. The second kappa shape index (κ2) is 9.22. The molecule has 0 amide bonds. The molecule has 7 nitrogen and oxygen atoms in total. The highest BCUT2D eigenvalue weighted by molar-refractivity contribution is 6.09. The van der Waals surface area contributed by atoms with Crippen molar-refractivity contribution in [3.05, 3.63) is 83.8 Å². The van der Waals surface area contributed by atoms with Crippen molar-refractivity contribution in [2.24, 2.45) is 15.7 Å². The van der Waals surface area contributed by atoms with Gasteiger partial charge in [0.05, 0.1) is 5.69 Å². The Bertz CT molecular complexity index is 1300. The number of nitrogens with zero attached hydrogens (tertiary/aromatic N) is 4. The van der Waals surface area contributed by atoms with Crippen molar-refractivity contribution >= 4 is 11.8 Å². The van der Waals surface area contributed by atoms with Crippen LogP contribution in [0, 0.1) is 0 Å². The molecule has 0 spiro atoms. The minimum Gasteiger partial charge on any atom is -0.316 e. The lowest BCUT2D eigenvalue weighted by Crippen LogP contribution is -2.61. The molecule has 0 bridgehead atoms. The first-order valence-corrected chi connectivity index (χ1v) is 10.5. The van der Waals surface area contributed by atoms with Gasteiger partial charge in [-0.15, -0.1) is 0 Å². The Balaban J connectivity index is 1.83. The highest BCUT2D eigenvalue weighted by atomic mass is 19.4. The van der Waals surface area contributed by atoms with E-state index in [4.69, 9.17) is 5.73 Å². The van der Waals surface area contributed by atoms with Gasteiger partial charge in [0.1, 0.15) is 17.4 Å². The molecule has 4 rings (SSSR count). The van der Waals surface area contributed by atoms with Crippen molar-refractivity contribution in [3.63, 3.8) is 0 Å². The molecule has 3 heterocycles. The van der Waals surface area contributed by atoms with Gasteiger partial charge in [-0.05, 0) is 31.2 Å². The Morgan fingerprint density at radius 3 is 2.33 bits per heavy atom. The zero-order valence-electron chi connectivity index (χ0n) is 18.6. The van der Waals surface area contributed by atoms with Gasteiger partial charge in [-0.25, -0.2) is 15.0 Å². The Morgan fingerprint density at radius 1 is 0.944 bits per heavy atom. The number of halogens is 6. The number of nitrogens with two attached hydrogens (primary N) is 1. The van der Waals surface area contributed by atoms with Crippen molar-refractivity contribution in [2.45, 2.75) is 31.1 Å². The summed E-state index contributed by atoms with van der Waals surface area (Å²) in [4.78, 5) is 15.7. The van der Waals surface area contributed by atoms with Gasteiger partial charge >= 0.3 is 12.4 Å². The van der Waals surface area contributed by atoms with Crippen LogP contribution in [0.15, 0.2) is 76.8 Å². The van der Waals surface area contributed by atoms with Crippen LogP contribution in [-0.2, 0) is 12.0 Å². The summed E-state index contributed by atoms with van der Waals surface area (Å²) in [6.07, 6.45) is -7.99. The topological polar surface area (TPSA) is 101 Å². The van der Waals surface area contributed by atoms with E-state index in [1.54, 1.807) is 30.3 Å². The van der Waals surface area contributed by atoms with E-state index in [1.165, 1.54) is 18.3 Å². The summed E-state index contributed by atoms with van der Waals surface area (Å²) in [6, 6.07) is 13.0. The normalized spacial score (nSPS) is 20.3. The molecular formula is C23H19F6N7. The number of aromatic nitrogens is 2. The van der Waals surface area contributed by atoms with E-state index in [0.29, 0.717) is 5.69 Å². The molecule has 2 aromatic heterocycles. The number of nitrogens with one attached hydrogen (secondary N) is 2. The Hall–Kier alpha value is -4.00. The Morgan fingerprint density at radius 2 is 1.67 bits per heavy atom. The van der Waals surface area contributed by atoms with Crippen LogP contribution in [0.5, 0.6) is 0 Å². The van der Waals surface area contributed by atoms with E-state index < -0.39 is 35.8 Å². The van der Waals surface area contributed by atoms with Crippen molar-refractivity contribution in [3.8, 4) is 11.3 Å². The molecular weight excluding hydrogens is 488 g/mol. The largest absolute Gasteiger partial charge is 0.433 e. The van der Waals surface area contributed by atoms with Gasteiger partial charge in [-0.1, -0.05) is 36.4 Å². The van der Waals surface area contributed by atoms with Gasteiger partial charge in [0.25, 0.3) is 0 Å². The molecule has 1 aliphatic heterocycles. The summed E-state index contributed by atoms with van der Waals surface area (Å²) < 4.78 is 79.3. The van der Waals surface area contributed by atoms with Crippen molar-refractivity contribution in [2.75, 3.05) is 0 Å². The predicted octanol–water partition coefficient (Wildman–Crippen LogP) is 4.18. The summed E-state index contributed by atoms with van der Waals surface area (Å²) in [7, 11) is 0. The van der Waals surface area contributed by atoms with E-state index in [2.05, 4.69) is 30.6 Å². The Kier molecular flexibility index (Phi) is 6.43. The zero-order chi connectivity index (χ0) is 26.1. The van der Waals surface area contributed by atoms with Crippen LogP contribution in [0.4, 0.5) is 26.3 Å². The fourth-order valence-electron chi connectivity index (χ4n) is 3.30. The standard InChI is InChI=1S/C23H19F6N7/c1-13(21(24,25)26)32-20-34-19(16-8-5-9-18(33-16)22(27,28)29)35-23(30,36-20)15-10-11-31-17(12-15)14-6-3-2-4-7-14/h2-13H,30H2,1H3,(H2,32,34,35,36).